The van der Waals surface area contributed by atoms with Crippen molar-refractivity contribution in [2.75, 3.05) is 13.7 Å². The van der Waals surface area contributed by atoms with Crippen molar-refractivity contribution in [3.05, 3.63) is 59.7 Å². The summed E-state index contributed by atoms with van der Waals surface area (Å²) >= 11 is 0. The molecule has 24 heavy (non-hydrogen) atoms. The maximum Gasteiger partial charge on any atom is 0.251 e. The van der Waals surface area contributed by atoms with Gasteiger partial charge in [0.15, 0.2) is 0 Å². The number of hydrogen-bond donors (Lipinski definition) is 1. The first-order chi connectivity index (χ1) is 11.6. The molecule has 4 nitrogen and oxygen atoms in total. The molecule has 0 unspecified atom stereocenters. The number of ether oxygens (including phenoxy) is 2. The molecule has 0 fully saturated rings. The molecule has 0 aliphatic carbocycles. The highest BCUT2D eigenvalue weighted by molar-refractivity contribution is 5.94. The van der Waals surface area contributed by atoms with Crippen LogP contribution in [0, 0.1) is 0 Å². The van der Waals surface area contributed by atoms with Crippen LogP contribution in [0.1, 0.15) is 36.2 Å². The van der Waals surface area contributed by atoms with Crippen LogP contribution in [0.15, 0.2) is 48.5 Å². The molecule has 0 saturated carbocycles. The van der Waals surface area contributed by atoms with Crippen molar-refractivity contribution in [2.45, 2.75) is 32.8 Å². The van der Waals surface area contributed by atoms with Gasteiger partial charge in [-0.15, -0.1) is 0 Å². The second-order valence-corrected chi connectivity index (χ2v) is 5.86. The van der Waals surface area contributed by atoms with E-state index in [0.29, 0.717) is 12.1 Å². The Labute approximate surface area is 143 Å². The third-order valence-corrected chi connectivity index (χ3v) is 3.59. The minimum atomic E-state index is -0.0638. The molecule has 0 aliphatic rings. The van der Waals surface area contributed by atoms with E-state index in [1.165, 1.54) is 0 Å². The lowest BCUT2D eigenvalue weighted by atomic mass is 10.1. The summed E-state index contributed by atoms with van der Waals surface area (Å²) in [4.78, 5) is 12.1. The molecule has 0 spiro atoms. The highest BCUT2D eigenvalue weighted by Crippen LogP contribution is 2.18. The fourth-order valence-corrected chi connectivity index (χ4v) is 2.45. The van der Waals surface area contributed by atoms with E-state index >= 15 is 0 Å². The van der Waals surface area contributed by atoms with Gasteiger partial charge in [0, 0.05) is 12.1 Å². The van der Waals surface area contributed by atoms with Crippen LogP contribution in [0.5, 0.6) is 11.5 Å². The number of aryl methyl sites for hydroxylation is 1. The Bertz CT molecular complexity index is 650. The lowest BCUT2D eigenvalue weighted by Gasteiger charge is -2.11. The van der Waals surface area contributed by atoms with Gasteiger partial charge in [0.05, 0.1) is 13.2 Å². The molecule has 2 aromatic rings. The number of carbonyl (C=O) groups excluding carboxylic acids is 1. The number of benzene rings is 2. The highest BCUT2D eigenvalue weighted by Gasteiger charge is 2.06. The van der Waals surface area contributed by atoms with Crippen molar-refractivity contribution in [3.8, 4) is 11.5 Å². The minimum absolute atomic E-state index is 0.0638. The molecule has 1 N–H and O–H groups in total. The molecule has 0 aliphatic heterocycles. The predicted molar refractivity (Wildman–Crippen MR) is 95.9 cm³/mol. The maximum atomic E-state index is 12.1. The van der Waals surface area contributed by atoms with Crippen molar-refractivity contribution in [1.82, 2.24) is 5.32 Å². The lowest BCUT2D eigenvalue weighted by molar-refractivity contribution is 0.0953. The zero-order valence-corrected chi connectivity index (χ0v) is 14.5. The van der Waals surface area contributed by atoms with Crippen LogP contribution in [0.25, 0.3) is 0 Å². The van der Waals surface area contributed by atoms with Gasteiger partial charge in [-0.05, 0) is 62.6 Å². The zero-order chi connectivity index (χ0) is 17.4. The van der Waals surface area contributed by atoms with Crippen LogP contribution in [0.2, 0.25) is 0 Å². The molecule has 0 saturated heterocycles. The first kappa shape index (κ1) is 17.9. The Morgan fingerprint density at radius 2 is 1.79 bits per heavy atom. The van der Waals surface area contributed by atoms with Crippen LogP contribution in [0.4, 0.5) is 0 Å². The number of hydrogen-bond acceptors (Lipinski definition) is 3. The molecule has 0 radical (unpaired) electrons. The Kier molecular flexibility index (Phi) is 6.67. The molecule has 0 atom stereocenters. The van der Waals surface area contributed by atoms with Crippen LogP contribution in [-0.4, -0.2) is 25.7 Å². The van der Waals surface area contributed by atoms with E-state index in [1.807, 2.05) is 50.2 Å². The summed E-state index contributed by atoms with van der Waals surface area (Å²) in [7, 11) is 1.67. The van der Waals surface area contributed by atoms with Gasteiger partial charge in [-0.25, -0.2) is 0 Å². The topological polar surface area (TPSA) is 47.6 Å². The summed E-state index contributed by atoms with van der Waals surface area (Å²) in [5.41, 5.74) is 1.80. The number of carbonyl (C=O) groups is 1. The summed E-state index contributed by atoms with van der Waals surface area (Å²) < 4.78 is 10.9. The van der Waals surface area contributed by atoms with Gasteiger partial charge in [-0.2, -0.15) is 0 Å². The second kappa shape index (κ2) is 8.96. The van der Waals surface area contributed by atoms with E-state index in [4.69, 9.17) is 9.47 Å². The highest BCUT2D eigenvalue weighted by atomic mass is 16.5. The van der Waals surface area contributed by atoms with Gasteiger partial charge in [0.25, 0.3) is 5.91 Å². The molecular weight excluding hydrogens is 302 g/mol. The molecule has 1 amide bonds. The van der Waals surface area contributed by atoms with Crippen molar-refractivity contribution in [3.63, 3.8) is 0 Å². The monoisotopic (exact) mass is 327 g/mol. The summed E-state index contributed by atoms with van der Waals surface area (Å²) in [6.07, 6.45) is 1.85. The fourth-order valence-electron chi connectivity index (χ4n) is 2.45. The molecule has 128 valence electrons. The summed E-state index contributed by atoms with van der Waals surface area (Å²) in [5.74, 6) is 1.61. The number of amides is 1. The van der Waals surface area contributed by atoms with Crippen molar-refractivity contribution >= 4 is 5.91 Å². The van der Waals surface area contributed by atoms with Crippen LogP contribution in [0.3, 0.4) is 0 Å². The maximum absolute atomic E-state index is 12.1. The summed E-state index contributed by atoms with van der Waals surface area (Å²) in [6.45, 7) is 4.58. The predicted octanol–water partition coefficient (Wildman–Crippen LogP) is 3.85. The van der Waals surface area contributed by atoms with Gasteiger partial charge in [-0.3, -0.25) is 4.79 Å². The molecule has 2 aromatic carbocycles. The molecule has 0 aromatic heterocycles. The van der Waals surface area contributed by atoms with Gasteiger partial charge in [-0.1, -0.05) is 18.2 Å². The van der Waals surface area contributed by atoms with E-state index in [9.17, 15) is 4.79 Å². The van der Waals surface area contributed by atoms with Crippen molar-refractivity contribution in [1.29, 1.82) is 0 Å². The van der Waals surface area contributed by atoms with Gasteiger partial charge in [0.2, 0.25) is 0 Å². The molecular formula is C20H25NO3. The first-order valence-electron chi connectivity index (χ1n) is 8.27. The number of methoxy groups -OCH3 is 1. The van der Waals surface area contributed by atoms with E-state index < -0.39 is 0 Å². The Morgan fingerprint density at radius 1 is 1.08 bits per heavy atom. The number of para-hydroxylation sites is 1. The third-order valence-electron chi connectivity index (χ3n) is 3.59. The van der Waals surface area contributed by atoms with E-state index in [2.05, 4.69) is 5.32 Å². The van der Waals surface area contributed by atoms with Crippen LogP contribution < -0.4 is 14.8 Å². The van der Waals surface area contributed by atoms with E-state index in [-0.39, 0.29) is 12.0 Å². The molecule has 2 rings (SSSR count). The minimum Gasteiger partial charge on any atom is -0.496 e. The smallest absolute Gasteiger partial charge is 0.251 e. The quantitative estimate of drug-likeness (QED) is 0.749. The van der Waals surface area contributed by atoms with Gasteiger partial charge >= 0.3 is 0 Å². The van der Waals surface area contributed by atoms with E-state index in [1.54, 1.807) is 19.2 Å². The van der Waals surface area contributed by atoms with Gasteiger partial charge < -0.3 is 14.8 Å². The third kappa shape index (κ3) is 5.30. The van der Waals surface area contributed by atoms with Gasteiger partial charge in [0.1, 0.15) is 11.5 Å². The first-order valence-corrected chi connectivity index (χ1v) is 8.27. The lowest BCUT2D eigenvalue weighted by Crippen LogP contribution is -2.24. The Hall–Kier alpha value is -2.49. The van der Waals surface area contributed by atoms with E-state index in [0.717, 1.165) is 29.9 Å². The molecule has 0 bridgehead atoms. The second-order valence-electron chi connectivity index (χ2n) is 5.86. The summed E-state index contributed by atoms with van der Waals surface area (Å²) in [5, 5.41) is 2.95. The summed E-state index contributed by atoms with van der Waals surface area (Å²) in [6, 6.07) is 15.2. The Balaban J connectivity index is 1.78. The largest absolute Gasteiger partial charge is 0.496 e. The number of nitrogens with one attached hydrogen (secondary N) is 1. The van der Waals surface area contributed by atoms with Crippen molar-refractivity contribution < 1.29 is 14.3 Å². The van der Waals surface area contributed by atoms with Crippen LogP contribution >= 0.6 is 0 Å². The standard InChI is InChI=1S/C20H25NO3/c1-15(2)24-18-12-10-17(11-13-18)20(22)21-14-6-8-16-7-4-5-9-19(16)23-3/h4-5,7,9-13,15H,6,8,14H2,1-3H3,(H,21,22). The average Bonchev–Trinajstić information content (AvgIpc) is 2.59. The molecule has 4 heteroatoms. The zero-order valence-electron chi connectivity index (χ0n) is 14.5. The van der Waals surface area contributed by atoms with Crippen molar-refractivity contribution in [2.24, 2.45) is 0 Å². The fraction of sp³-hybridized carbons (Fsp3) is 0.350. The SMILES string of the molecule is COc1ccccc1CCCNC(=O)c1ccc(OC(C)C)cc1. The number of rotatable bonds is 8. The Morgan fingerprint density at radius 3 is 2.46 bits per heavy atom. The molecule has 0 heterocycles. The normalized spacial score (nSPS) is 10.5. The van der Waals surface area contributed by atoms with Crippen LogP contribution in [-0.2, 0) is 6.42 Å². The average molecular weight is 327 g/mol.